The Balaban J connectivity index is 1.88. The van der Waals surface area contributed by atoms with Crippen molar-refractivity contribution in [1.82, 2.24) is 0 Å². The van der Waals surface area contributed by atoms with Crippen molar-refractivity contribution >= 4 is 27.5 Å². The molecular weight excluding hydrogens is 336 g/mol. The average molecular weight is 356 g/mol. The zero-order valence-corrected chi connectivity index (χ0v) is 15.1. The van der Waals surface area contributed by atoms with Crippen LogP contribution in [0.5, 0.6) is 5.75 Å². The van der Waals surface area contributed by atoms with Gasteiger partial charge in [0.2, 0.25) is 0 Å². The predicted molar refractivity (Wildman–Crippen MR) is 109 cm³/mol. The number of hydrogen-bond acceptors (Lipinski definition) is 3. The molecule has 0 heterocycles. The van der Waals surface area contributed by atoms with Gasteiger partial charge in [0, 0.05) is 5.56 Å². The molecule has 0 unspecified atom stereocenters. The van der Waals surface area contributed by atoms with Crippen LogP contribution in [0.2, 0.25) is 0 Å². The molecule has 0 spiro atoms. The standard InChI is InChI=1S/C24H20O3/c1-26-23(25)15-16-27-22-14-13-18-8-3-5-11-20(18)24(22)21-12-6-9-17-7-2-4-10-19(17)21/h2-14H,15-16H2,1H3. The second-order valence-corrected chi connectivity index (χ2v) is 6.36. The maximum Gasteiger partial charge on any atom is 0.308 e. The Hall–Kier alpha value is -3.33. The SMILES string of the molecule is COC(=O)CCOc1ccc2ccccc2c1-c1cccc2ccccc12. The molecule has 4 aromatic rings. The maximum atomic E-state index is 11.4. The van der Waals surface area contributed by atoms with Gasteiger partial charge in [0.25, 0.3) is 0 Å². The van der Waals surface area contributed by atoms with E-state index in [4.69, 9.17) is 9.47 Å². The van der Waals surface area contributed by atoms with Crippen molar-refractivity contribution < 1.29 is 14.3 Å². The number of hydrogen-bond donors (Lipinski definition) is 0. The Morgan fingerprint density at radius 3 is 2.22 bits per heavy atom. The molecule has 0 atom stereocenters. The van der Waals surface area contributed by atoms with E-state index in [1.807, 2.05) is 24.3 Å². The molecule has 3 heteroatoms. The summed E-state index contributed by atoms with van der Waals surface area (Å²) in [5.74, 6) is 0.497. The van der Waals surface area contributed by atoms with Gasteiger partial charge in [0.1, 0.15) is 5.75 Å². The van der Waals surface area contributed by atoms with Crippen LogP contribution >= 0.6 is 0 Å². The molecule has 0 amide bonds. The summed E-state index contributed by atoms with van der Waals surface area (Å²) in [6, 6.07) is 27.0. The van der Waals surface area contributed by atoms with Gasteiger partial charge in [-0.3, -0.25) is 4.79 Å². The van der Waals surface area contributed by atoms with E-state index in [1.54, 1.807) is 0 Å². The third kappa shape index (κ3) is 3.36. The Labute approximate surface area is 158 Å². The molecule has 3 nitrogen and oxygen atoms in total. The topological polar surface area (TPSA) is 35.5 Å². The van der Waals surface area contributed by atoms with E-state index in [1.165, 1.54) is 17.9 Å². The molecule has 0 saturated heterocycles. The lowest BCUT2D eigenvalue weighted by molar-refractivity contribution is -0.141. The monoisotopic (exact) mass is 356 g/mol. The minimum absolute atomic E-state index is 0.221. The highest BCUT2D eigenvalue weighted by molar-refractivity contribution is 6.07. The van der Waals surface area contributed by atoms with E-state index in [0.717, 1.165) is 27.6 Å². The number of carbonyl (C=O) groups excluding carboxylic acids is 1. The fraction of sp³-hybridized carbons (Fsp3) is 0.125. The van der Waals surface area contributed by atoms with Gasteiger partial charge in [0.15, 0.2) is 0 Å². The molecule has 134 valence electrons. The summed E-state index contributed by atoms with van der Waals surface area (Å²) in [6.45, 7) is 0.281. The number of carbonyl (C=O) groups is 1. The molecule has 4 aromatic carbocycles. The summed E-state index contributed by atoms with van der Waals surface area (Å²) in [5, 5.41) is 4.64. The zero-order chi connectivity index (χ0) is 18.6. The molecular formula is C24H20O3. The van der Waals surface area contributed by atoms with Crippen LogP contribution in [0.4, 0.5) is 0 Å². The van der Waals surface area contributed by atoms with Crippen molar-refractivity contribution in [1.29, 1.82) is 0 Å². The van der Waals surface area contributed by atoms with Crippen LogP contribution in [0.25, 0.3) is 32.7 Å². The van der Waals surface area contributed by atoms with Crippen LogP contribution < -0.4 is 4.74 Å². The van der Waals surface area contributed by atoms with Crippen molar-refractivity contribution in [2.75, 3.05) is 13.7 Å². The summed E-state index contributed by atoms with van der Waals surface area (Å²) in [5.41, 5.74) is 2.17. The molecule has 0 saturated carbocycles. The first kappa shape index (κ1) is 17.1. The molecule has 27 heavy (non-hydrogen) atoms. The van der Waals surface area contributed by atoms with Crippen molar-refractivity contribution in [3.63, 3.8) is 0 Å². The van der Waals surface area contributed by atoms with E-state index in [-0.39, 0.29) is 19.0 Å². The van der Waals surface area contributed by atoms with E-state index < -0.39 is 0 Å². The lowest BCUT2D eigenvalue weighted by atomic mass is 9.93. The fourth-order valence-corrected chi connectivity index (χ4v) is 3.44. The van der Waals surface area contributed by atoms with E-state index in [0.29, 0.717) is 0 Å². The van der Waals surface area contributed by atoms with Crippen molar-refractivity contribution in [2.45, 2.75) is 6.42 Å². The van der Waals surface area contributed by atoms with Gasteiger partial charge in [-0.1, -0.05) is 72.8 Å². The van der Waals surface area contributed by atoms with Crippen LogP contribution in [-0.4, -0.2) is 19.7 Å². The molecule has 0 fully saturated rings. The second kappa shape index (κ2) is 7.50. The molecule has 0 aliphatic rings. The molecule has 0 bridgehead atoms. The maximum absolute atomic E-state index is 11.4. The van der Waals surface area contributed by atoms with Crippen molar-refractivity contribution in [2.24, 2.45) is 0 Å². The summed E-state index contributed by atoms with van der Waals surface area (Å²) in [4.78, 5) is 11.4. The first-order chi connectivity index (χ1) is 13.3. The summed E-state index contributed by atoms with van der Waals surface area (Å²) < 4.78 is 10.7. The zero-order valence-electron chi connectivity index (χ0n) is 15.1. The normalized spacial score (nSPS) is 10.9. The smallest absolute Gasteiger partial charge is 0.308 e. The lowest BCUT2D eigenvalue weighted by Crippen LogP contribution is -2.08. The van der Waals surface area contributed by atoms with Gasteiger partial charge in [-0.15, -0.1) is 0 Å². The molecule has 4 rings (SSSR count). The van der Waals surface area contributed by atoms with Crippen LogP contribution in [0.1, 0.15) is 6.42 Å². The number of benzene rings is 4. The van der Waals surface area contributed by atoms with E-state index >= 15 is 0 Å². The second-order valence-electron chi connectivity index (χ2n) is 6.36. The number of fused-ring (bicyclic) bond motifs is 2. The third-order valence-corrected chi connectivity index (χ3v) is 4.74. The minimum Gasteiger partial charge on any atom is -0.492 e. The highest BCUT2D eigenvalue weighted by Crippen LogP contribution is 2.40. The Morgan fingerprint density at radius 1 is 0.778 bits per heavy atom. The fourth-order valence-electron chi connectivity index (χ4n) is 3.44. The molecule has 0 aromatic heterocycles. The number of methoxy groups -OCH3 is 1. The summed E-state index contributed by atoms with van der Waals surface area (Å²) in [7, 11) is 1.39. The van der Waals surface area contributed by atoms with Crippen molar-refractivity contribution in [3.05, 3.63) is 78.9 Å². The van der Waals surface area contributed by atoms with Gasteiger partial charge < -0.3 is 9.47 Å². The Kier molecular flexibility index (Phi) is 4.75. The highest BCUT2D eigenvalue weighted by atomic mass is 16.5. The van der Waals surface area contributed by atoms with E-state index in [2.05, 4.69) is 54.6 Å². The largest absolute Gasteiger partial charge is 0.492 e. The molecule has 0 aliphatic carbocycles. The highest BCUT2D eigenvalue weighted by Gasteiger charge is 2.14. The number of rotatable bonds is 5. The first-order valence-electron chi connectivity index (χ1n) is 8.97. The number of ether oxygens (including phenoxy) is 2. The third-order valence-electron chi connectivity index (χ3n) is 4.74. The predicted octanol–water partition coefficient (Wildman–Crippen LogP) is 5.60. The van der Waals surface area contributed by atoms with Crippen LogP contribution in [0, 0.1) is 0 Å². The van der Waals surface area contributed by atoms with Gasteiger partial charge in [-0.2, -0.15) is 0 Å². The average Bonchev–Trinajstić information content (AvgIpc) is 2.73. The van der Waals surface area contributed by atoms with E-state index in [9.17, 15) is 4.79 Å². The Morgan fingerprint density at radius 2 is 1.44 bits per heavy atom. The molecule has 0 radical (unpaired) electrons. The first-order valence-corrected chi connectivity index (χ1v) is 8.97. The lowest BCUT2D eigenvalue weighted by Gasteiger charge is -2.16. The van der Waals surface area contributed by atoms with Gasteiger partial charge in [-0.25, -0.2) is 0 Å². The van der Waals surface area contributed by atoms with Gasteiger partial charge in [0.05, 0.1) is 20.1 Å². The van der Waals surface area contributed by atoms with Crippen LogP contribution in [0.15, 0.2) is 78.9 Å². The molecule has 0 aliphatic heterocycles. The minimum atomic E-state index is -0.275. The quantitative estimate of drug-likeness (QED) is 0.437. The summed E-state index contributed by atoms with van der Waals surface area (Å²) in [6.07, 6.45) is 0.221. The van der Waals surface area contributed by atoms with Crippen LogP contribution in [0.3, 0.4) is 0 Å². The van der Waals surface area contributed by atoms with Gasteiger partial charge in [-0.05, 0) is 33.2 Å². The van der Waals surface area contributed by atoms with Crippen molar-refractivity contribution in [3.8, 4) is 16.9 Å². The summed E-state index contributed by atoms with van der Waals surface area (Å²) >= 11 is 0. The van der Waals surface area contributed by atoms with Gasteiger partial charge >= 0.3 is 5.97 Å². The van der Waals surface area contributed by atoms with Crippen LogP contribution in [-0.2, 0) is 9.53 Å². The number of esters is 1. The Bertz CT molecular complexity index is 1110. The molecule has 0 N–H and O–H groups in total.